The summed E-state index contributed by atoms with van der Waals surface area (Å²) >= 11 is 6.28. The number of esters is 1. The first kappa shape index (κ1) is 28.4. The minimum absolute atomic E-state index is 0.0981. The van der Waals surface area contributed by atoms with Crippen molar-refractivity contribution in [2.24, 2.45) is 0 Å². The van der Waals surface area contributed by atoms with Crippen molar-refractivity contribution in [2.45, 2.75) is 32.9 Å². The number of rotatable bonds is 8. The third-order valence-electron chi connectivity index (χ3n) is 7.15. The number of likely N-dealkylation sites (N-methyl/N-ethyl adjacent to an activating group) is 1. The van der Waals surface area contributed by atoms with Crippen molar-refractivity contribution in [1.29, 1.82) is 0 Å². The number of hydrogen-bond donors (Lipinski definition) is 1. The Morgan fingerprint density at radius 1 is 1.08 bits per heavy atom. The molecule has 0 aromatic heterocycles. The van der Waals surface area contributed by atoms with Gasteiger partial charge in [0.1, 0.15) is 5.75 Å². The standard InChI is InChI=1S/C29H35ClN4O5/c1-5-33-24(18-32-15-16-34(19(3)17-32)27(35)22-9-7-8-10-23(22)30)25(28(36)39-6-2)26(31-29(33)37)20-11-13-21(38-4)14-12-20/h7-14,19,26H,5-6,15-18H2,1-4H3,(H,31,37). The molecule has 3 amide bonds. The third kappa shape index (κ3) is 6.04. The Morgan fingerprint density at radius 3 is 2.41 bits per heavy atom. The van der Waals surface area contributed by atoms with Gasteiger partial charge in [0.25, 0.3) is 5.91 Å². The average Bonchev–Trinajstić information content (AvgIpc) is 2.93. The van der Waals surface area contributed by atoms with Crippen LogP contribution in [0.2, 0.25) is 5.02 Å². The first-order valence-electron chi connectivity index (χ1n) is 13.2. The molecule has 4 rings (SSSR count). The van der Waals surface area contributed by atoms with Crippen LogP contribution in [0.15, 0.2) is 59.8 Å². The highest BCUT2D eigenvalue weighted by Gasteiger charge is 2.39. The molecule has 2 atom stereocenters. The number of methoxy groups -OCH3 is 1. The largest absolute Gasteiger partial charge is 0.497 e. The molecule has 39 heavy (non-hydrogen) atoms. The number of amides is 3. The van der Waals surface area contributed by atoms with E-state index in [4.69, 9.17) is 21.1 Å². The molecule has 0 bridgehead atoms. The van der Waals surface area contributed by atoms with Gasteiger partial charge in [-0.1, -0.05) is 35.9 Å². The van der Waals surface area contributed by atoms with Crippen LogP contribution in [0, 0.1) is 0 Å². The number of hydrogen-bond acceptors (Lipinski definition) is 6. The van der Waals surface area contributed by atoms with Crippen molar-refractivity contribution in [3.63, 3.8) is 0 Å². The van der Waals surface area contributed by atoms with Crippen LogP contribution in [0.3, 0.4) is 0 Å². The van der Waals surface area contributed by atoms with Gasteiger partial charge in [-0.15, -0.1) is 0 Å². The van der Waals surface area contributed by atoms with Gasteiger partial charge in [0.2, 0.25) is 0 Å². The predicted molar refractivity (Wildman–Crippen MR) is 149 cm³/mol. The summed E-state index contributed by atoms with van der Waals surface area (Å²) in [7, 11) is 1.58. The van der Waals surface area contributed by atoms with Gasteiger partial charge in [0.15, 0.2) is 0 Å². The lowest BCUT2D eigenvalue weighted by Gasteiger charge is -2.43. The van der Waals surface area contributed by atoms with Crippen LogP contribution in [0.25, 0.3) is 0 Å². The lowest BCUT2D eigenvalue weighted by molar-refractivity contribution is -0.139. The van der Waals surface area contributed by atoms with Gasteiger partial charge in [-0.05, 0) is 50.6 Å². The fourth-order valence-electron chi connectivity index (χ4n) is 5.18. The Bertz CT molecular complexity index is 1250. The van der Waals surface area contributed by atoms with E-state index in [9.17, 15) is 14.4 Å². The van der Waals surface area contributed by atoms with Crippen molar-refractivity contribution in [3.8, 4) is 5.75 Å². The van der Waals surface area contributed by atoms with E-state index in [1.165, 1.54) is 0 Å². The molecule has 1 N–H and O–H groups in total. The molecular weight excluding hydrogens is 520 g/mol. The molecule has 2 aliphatic heterocycles. The molecule has 0 spiro atoms. The molecule has 10 heteroatoms. The van der Waals surface area contributed by atoms with E-state index in [2.05, 4.69) is 10.2 Å². The van der Waals surface area contributed by atoms with Crippen LogP contribution in [0.4, 0.5) is 4.79 Å². The lowest BCUT2D eigenvalue weighted by atomic mass is 9.94. The Balaban J connectivity index is 1.63. The van der Waals surface area contributed by atoms with Gasteiger partial charge in [-0.3, -0.25) is 14.6 Å². The number of carbonyl (C=O) groups is 3. The van der Waals surface area contributed by atoms with E-state index in [1.54, 1.807) is 55.3 Å². The van der Waals surface area contributed by atoms with Crippen molar-refractivity contribution >= 4 is 29.5 Å². The molecule has 0 radical (unpaired) electrons. The summed E-state index contributed by atoms with van der Waals surface area (Å²) in [6.45, 7) is 8.23. The molecule has 2 aliphatic rings. The van der Waals surface area contributed by atoms with E-state index < -0.39 is 12.0 Å². The zero-order valence-electron chi connectivity index (χ0n) is 22.8. The normalized spacial score (nSPS) is 20.1. The second-order valence-electron chi connectivity index (χ2n) is 9.54. The summed E-state index contributed by atoms with van der Waals surface area (Å²) in [6.07, 6.45) is 0. The van der Waals surface area contributed by atoms with E-state index in [-0.39, 0.29) is 24.6 Å². The smallest absolute Gasteiger partial charge is 0.338 e. The second kappa shape index (κ2) is 12.5. The van der Waals surface area contributed by atoms with Crippen LogP contribution >= 0.6 is 11.6 Å². The Labute approximate surface area is 234 Å². The summed E-state index contributed by atoms with van der Waals surface area (Å²) in [5.74, 6) is 0.106. The quantitative estimate of drug-likeness (QED) is 0.494. The van der Waals surface area contributed by atoms with E-state index in [0.717, 1.165) is 5.56 Å². The lowest BCUT2D eigenvalue weighted by Crippen LogP contribution is -2.56. The molecule has 0 saturated carbocycles. The number of nitrogens with zero attached hydrogens (tertiary/aromatic N) is 3. The summed E-state index contributed by atoms with van der Waals surface area (Å²) in [5.41, 5.74) is 2.25. The van der Waals surface area contributed by atoms with Crippen molar-refractivity contribution in [1.82, 2.24) is 20.0 Å². The average molecular weight is 555 g/mol. The summed E-state index contributed by atoms with van der Waals surface area (Å²) in [6, 6.07) is 13.3. The first-order chi connectivity index (χ1) is 18.8. The molecule has 1 fully saturated rings. The van der Waals surface area contributed by atoms with Crippen molar-refractivity contribution in [3.05, 3.63) is 76.0 Å². The SMILES string of the molecule is CCOC(=O)C1=C(CN2CCN(C(=O)c3ccccc3Cl)C(C)C2)N(CC)C(=O)NC1c1ccc(OC)cc1. The van der Waals surface area contributed by atoms with Crippen LogP contribution in [-0.4, -0.2) is 85.1 Å². The number of carbonyl (C=O) groups excluding carboxylic acids is 3. The maximum Gasteiger partial charge on any atom is 0.338 e. The Kier molecular flexibility index (Phi) is 9.14. The molecule has 2 heterocycles. The van der Waals surface area contributed by atoms with Crippen LogP contribution in [0.5, 0.6) is 5.75 Å². The number of halogens is 1. The van der Waals surface area contributed by atoms with Gasteiger partial charge in [0.05, 0.1) is 35.9 Å². The minimum atomic E-state index is -0.666. The maximum absolute atomic E-state index is 13.4. The third-order valence-corrected chi connectivity index (χ3v) is 7.48. The fourth-order valence-corrected chi connectivity index (χ4v) is 5.40. The van der Waals surface area contributed by atoms with E-state index in [0.29, 0.717) is 60.3 Å². The maximum atomic E-state index is 13.4. The summed E-state index contributed by atoms with van der Waals surface area (Å²) in [5, 5.41) is 3.41. The zero-order valence-corrected chi connectivity index (χ0v) is 23.5. The van der Waals surface area contributed by atoms with Gasteiger partial charge >= 0.3 is 12.0 Å². The van der Waals surface area contributed by atoms with E-state index in [1.807, 2.05) is 30.9 Å². The minimum Gasteiger partial charge on any atom is -0.497 e. The molecule has 9 nitrogen and oxygen atoms in total. The van der Waals surface area contributed by atoms with Crippen molar-refractivity contribution < 1.29 is 23.9 Å². The summed E-state index contributed by atoms with van der Waals surface area (Å²) in [4.78, 5) is 45.4. The molecule has 2 unspecified atom stereocenters. The van der Waals surface area contributed by atoms with Crippen LogP contribution in [-0.2, 0) is 9.53 Å². The topological polar surface area (TPSA) is 91.4 Å². The number of piperazine rings is 1. The highest BCUT2D eigenvalue weighted by atomic mass is 35.5. The van der Waals surface area contributed by atoms with Gasteiger partial charge in [0, 0.05) is 44.5 Å². The molecule has 208 valence electrons. The van der Waals surface area contributed by atoms with Crippen LogP contribution in [0.1, 0.15) is 42.7 Å². The van der Waals surface area contributed by atoms with E-state index >= 15 is 0 Å². The van der Waals surface area contributed by atoms with Gasteiger partial charge in [-0.25, -0.2) is 9.59 Å². The molecular formula is C29H35ClN4O5. The highest BCUT2D eigenvalue weighted by molar-refractivity contribution is 6.33. The Morgan fingerprint density at radius 2 is 1.79 bits per heavy atom. The molecule has 0 aliphatic carbocycles. The second-order valence-corrected chi connectivity index (χ2v) is 9.95. The van der Waals surface area contributed by atoms with Crippen LogP contribution < -0.4 is 10.1 Å². The fraction of sp³-hybridized carbons (Fsp3) is 0.414. The number of urea groups is 1. The van der Waals surface area contributed by atoms with Gasteiger partial charge in [-0.2, -0.15) is 0 Å². The first-order valence-corrected chi connectivity index (χ1v) is 13.6. The molecule has 2 aromatic rings. The highest BCUT2D eigenvalue weighted by Crippen LogP contribution is 2.33. The molecule has 1 saturated heterocycles. The Hall–Kier alpha value is -3.56. The number of nitrogens with one attached hydrogen (secondary N) is 1. The predicted octanol–water partition coefficient (Wildman–Crippen LogP) is 4.10. The molecule has 2 aromatic carbocycles. The van der Waals surface area contributed by atoms with Crippen molar-refractivity contribution in [2.75, 3.05) is 46.4 Å². The monoisotopic (exact) mass is 554 g/mol. The number of ether oxygens (including phenoxy) is 2. The summed E-state index contributed by atoms with van der Waals surface area (Å²) < 4.78 is 10.7. The van der Waals surface area contributed by atoms with Gasteiger partial charge < -0.3 is 19.7 Å². The number of benzene rings is 2. The zero-order chi connectivity index (χ0) is 28.1.